The molecule has 0 saturated carbocycles. The normalized spacial score (nSPS) is 11.1. The van der Waals surface area contributed by atoms with E-state index in [1.165, 1.54) is 18.4 Å². The SMILES string of the molecule is COCCN(CC(=O)O)C(=O)c1csc(COc2ccc(-c3cc(F)c(F)c4[nH]ccc34)cc2)n1. The predicted octanol–water partition coefficient (Wildman–Crippen LogP) is 4.32. The van der Waals surface area contributed by atoms with Gasteiger partial charge in [-0.1, -0.05) is 12.1 Å². The van der Waals surface area contributed by atoms with E-state index in [1.54, 1.807) is 41.9 Å². The molecular formula is C24H21F2N3O5S. The number of nitrogens with zero attached hydrogens (tertiary/aromatic N) is 2. The molecule has 4 rings (SSSR count). The van der Waals surface area contributed by atoms with E-state index in [-0.39, 0.29) is 31.0 Å². The van der Waals surface area contributed by atoms with E-state index in [0.717, 1.165) is 11.0 Å². The molecule has 0 atom stereocenters. The van der Waals surface area contributed by atoms with Crippen LogP contribution in [0.15, 0.2) is 48.0 Å². The van der Waals surface area contributed by atoms with Crippen LogP contribution in [0, 0.1) is 11.6 Å². The Labute approximate surface area is 202 Å². The number of aromatic amines is 1. The standard InChI is InChI=1S/C24H21F2N3O5S/c1-33-9-8-29(11-21(30)31)24(32)19-13-35-20(28-19)12-34-15-4-2-14(3-5-15)17-10-18(25)22(26)23-16(17)6-7-27-23/h2-7,10,13,27H,8-9,11-12H2,1H3,(H,30,31). The van der Waals surface area contributed by atoms with Crippen molar-refractivity contribution in [2.24, 2.45) is 0 Å². The van der Waals surface area contributed by atoms with E-state index in [1.807, 2.05) is 0 Å². The first-order valence-electron chi connectivity index (χ1n) is 10.5. The van der Waals surface area contributed by atoms with Crippen LogP contribution in [0.5, 0.6) is 5.75 Å². The summed E-state index contributed by atoms with van der Waals surface area (Å²) in [7, 11) is 1.47. The van der Waals surface area contributed by atoms with Gasteiger partial charge < -0.3 is 24.5 Å². The lowest BCUT2D eigenvalue weighted by atomic mass is 10.0. The maximum atomic E-state index is 14.0. The quantitative estimate of drug-likeness (QED) is 0.335. The van der Waals surface area contributed by atoms with E-state index in [0.29, 0.717) is 27.3 Å². The Kier molecular flexibility index (Phi) is 7.37. The molecular weight excluding hydrogens is 480 g/mol. The second kappa shape index (κ2) is 10.6. The minimum atomic E-state index is -1.13. The van der Waals surface area contributed by atoms with Crippen molar-refractivity contribution in [3.8, 4) is 16.9 Å². The minimum absolute atomic E-state index is 0.0987. The first-order chi connectivity index (χ1) is 16.9. The van der Waals surface area contributed by atoms with Crippen molar-refractivity contribution < 1.29 is 33.0 Å². The molecule has 4 aromatic rings. The van der Waals surface area contributed by atoms with Gasteiger partial charge in [0.2, 0.25) is 0 Å². The molecule has 8 nitrogen and oxygen atoms in total. The molecule has 0 aliphatic heterocycles. The van der Waals surface area contributed by atoms with Crippen molar-refractivity contribution in [1.29, 1.82) is 0 Å². The van der Waals surface area contributed by atoms with Crippen molar-refractivity contribution in [2.75, 3.05) is 26.8 Å². The van der Waals surface area contributed by atoms with Crippen LogP contribution >= 0.6 is 11.3 Å². The third-order valence-corrected chi connectivity index (χ3v) is 6.04. The van der Waals surface area contributed by atoms with Crippen LogP contribution in [0.2, 0.25) is 0 Å². The number of H-pyrrole nitrogens is 1. The maximum Gasteiger partial charge on any atom is 0.323 e. The summed E-state index contributed by atoms with van der Waals surface area (Å²) >= 11 is 1.22. The topological polar surface area (TPSA) is 105 Å². The van der Waals surface area contributed by atoms with Crippen molar-refractivity contribution >= 4 is 34.1 Å². The van der Waals surface area contributed by atoms with Gasteiger partial charge in [-0.3, -0.25) is 9.59 Å². The average molecular weight is 502 g/mol. The highest BCUT2D eigenvalue weighted by molar-refractivity contribution is 7.09. The Morgan fingerprint density at radius 2 is 1.97 bits per heavy atom. The van der Waals surface area contributed by atoms with Crippen molar-refractivity contribution in [3.63, 3.8) is 0 Å². The Balaban J connectivity index is 1.42. The molecule has 0 spiro atoms. The molecule has 182 valence electrons. The fraction of sp³-hybridized carbons (Fsp3) is 0.208. The number of methoxy groups -OCH3 is 1. The number of nitrogens with one attached hydrogen (secondary N) is 1. The van der Waals surface area contributed by atoms with Crippen LogP contribution in [-0.4, -0.2) is 58.7 Å². The van der Waals surface area contributed by atoms with Gasteiger partial charge in [0.1, 0.15) is 29.6 Å². The molecule has 2 aromatic carbocycles. The van der Waals surface area contributed by atoms with Gasteiger partial charge in [0.15, 0.2) is 11.6 Å². The van der Waals surface area contributed by atoms with Crippen LogP contribution in [-0.2, 0) is 16.1 Å². The molecule has 0 unspecified atom stereocenters. The van der Waals surface area contributed by atoms with Crippen LogP contribution in [0.4, 0.5) is 8.78 Å². The number of carbonyl (C=O) groups excluding carboxylic acids is 1. The second-order valence-electron chi connectivity index (χ2n) is 7.54. The molecule has 0 radical (unpaired) electrons. The number of carbonyl (C=O) groups is 2. The molecule has 35 heavy (non-hydrogen) atoms. The predicted molar refractivity (Wildman–Crippen MR) is 126 cm³/mol. The van der Waals surface area contributed by atoms with Gasteiger partial charge in [0, 0.05) is 30.6 Å². The van der Waals surface area contributed by atoms with Crippen molar-refractivity contribution in [3.05, 3.63) is 70.3 Å². The Bertz CT molecular complexity index is 1350. The Morgan fingerprint density at radius 3 is 2.69 bits per heavy atom. The maximum absolute atomic E-state index is 14.0. The molecule has 0 fully saturated rings. The van der Waals surface area contributed by atoms with Crippen LogP contribution < -0.4 is 4.74 Å². The summed E-state index contributed by atoms with van der Waals surface area (Å²) in [5.41, 5.74) is 1.49. The zero-order valence-corrected chi connectivity index (χ0v) is 19.4. The monoisotopic (exact) mass is 501 g/mol. The molecule has 0 aliphatic rings. The van der Waals surface area contributed by atoms with Gasteiger partial charge in [-0.25, -0.2) is 13.8 Å². The van der Waals surface area contributed by atoms with Gasteiger partial charge in [0.25, 0.3) is 5.91 Å². The molecule has 2 aromatic heterocycles. The largest absolute Gasteiger partial charge is 0.486 e. The average Bonchev–Trinajstić information content (AvgIpc) is 3.53. The number of amides is 1. The highest BCUT2D eigenvalue weighted by atomic mass is 32.1. The number of aliphatic carboxylic acids is 1. The summed E-state index contributed by atoms with van der Waals surface area (Å²) in [4.78, 5) is 31.8. The lowest BCUT2D eigenvalue weighted by Crippen LogP contribution is -2.38. The lowest BCUT2D eigenvalue weighted by molar-refractivity contribution is -0.137. The number of carboxylic acid groups (broad SMARTS) is 1. The van der Waals surface area contributed by atoms with Crippen molar-refractivity contribution in [1.82, 2.24) is 14.9 Å². The zero-order chi connectivity index (χ0) is 24.9. The van der Waals surface area contributed by atoms with Crippen LogP contribution in [0.3, 0.4) is 0 Å². The molecule has 11 heteroatoms. The highest BCUT2D eigenvalue weighted by Gasteiger charge is 2.21. The number of aromatic nitrogens is 2. The number of benzene rings is 2. The van der Waals surface area contributed by atoms with Gasteiger partial charge in [-0.05, 0) is 35.4 Å². The van der Waals surface area contributed by atoms with Gasteiger partial charge >= 0.3 is 5.97 Å². The van der Waals surface area contributed by atoms with Crippen molar-refractivity contribution in [2.45, 2.75) is 6.61 Å². The summed E-state index contributed by atoms with van der Waals surface area (Å²) in [5, 5.41) is 11.7. The third-order valence-electron chi connectivity index (χ3n) is 5.21. The number of thiazole rings is 1. The molecule has 0 aliphatic carbocycles. The number of carboxylic acids is 1. The zero-order valence-electron chi connectivity index (χ0n) is 18.6. The van der Waals surface area contributed by atoms with Crippen LogP contribution in [0.25, 0.3) is 22.0 Å². The molecule has 1 amide bonds. The number of halogens is 2. The Morgan fingerprint density at radius 1 is 1.20 bits per heavy atom. The van der Waals surface area contributed by atoms with E-state index in [2.05, 4.69) is 9.97 Å². The lowest BCUT2D eigenvalue weighted by Gasteiger charge is -2.18. The number of rotatable bonds is 10. The molecule has 2 heterocycles. The number of hydrogen-bond donors (Lipinski definition) is 2. The number of ether oxygens (including phenoxy) is 2. The second-order valence-corrected chi connectivity index (χ2v) is 8.48. The van der Waals surface area contributed by atoms with Gasteiger partial charge in [-0.15, -0.1) is 11.3 Å². The fourth-order valence-corrected chi connectivity index (χ4v) is 4.21. The highest BCUT2D eigenvalue weighted by Crippen LogP contribution is 2.32. The van der Waals surface area contributed by atoms with E-state index < -0.39 is 30.1 Å². The van der Waals surface area contributed by atoms with E-state index in [9.17, 15) is 18.4 Å². The summed E-state index contributed by atoms with van der Waals surface area (Å²) in [6, 6.07) is 9.74. The smallest absolute Gasteiger partial charge is 0.323 e. The summed E-state index contributed by atoms with van der Waals surface area (Å²) in [6.07, 6.45) is 1.56. The number of hydrogen-bond acceptors (Lipinski definition) is 6. The summed E-state index contributed by atoms with van der Waals surface area (Å²) in [6.45, 7) is -0.0217. The summed E-state index contributed by atoms with van der Waals surface area (Å²) < 4.78 is 38.7. The molecule has 2 N–H and O–H groups in total. The van der Waals surface area contributed by atoms with E-state index >= 15 is 0 Å². The first kappa shape index (κ1) is 24.3. The fourth-order valence-electron chi connectivity index (χ4n) is 3.53. The Hall–Kier alpha value is -3.83. The first-order valence-corrected chi connectivity index (χ1v) is 11.4. The van der Waals surface area contributed by atoms with Gasteiger partial charge in [0.05, 0.1) is 12.1 Å². The van der Waals surface area contributed by atoms with Crippen LogP contribution in [0.1, 0.15) is 15.5 Å². The van der Waals surface area contributed by atoms with Gasteiger partial charge in [-0.2, -0.15) is 0 Å². The number of fused-ring (bicyclic) bond motifs is 1. The van der Waals surface area contributed by atoms with E-state index in [4.69, 9.17) is 14.6 Å². The minimum Gasteiger partial charge on any atom is -0.486 e. The summed E-state index contributed by atoms with van der Waals surface area (Å²) in [5.74, 6) is -2.96. The molecule has 0 bridgehead atoms. The molecule has 0 saturated heterocycles. The third kappa shape index (κ3) is 5.47.